The molecule has 3 aromatic rings. The molecule has 5 heterocycles. The van der Waals surface area contributed by atoms with Crippen LogP contribution < -0.4 is 15.1 Å². The molecule has 35 heavy (non-hydrogen) atoms. The number of rotatable bonds is 5. The Labute approximate surface area is 199 Å². The number of aromatic nitrogens is 5. The molecule has 1 fully saturated rings. The van der Waals surface area contributed by atoms with Gasteiger partial charge in [-0.15, -0.1) is 0 Å². The van der Waals surface area contributed by atoms with Gasteiger partial charge in [0.15, 0.2) is 5.82 Å². The van der Waals surface area contributed by atoms with Crippen molar-refractivity contribution in [2.24, 2.45) is 0 Å². The number of nitrogens with one attached hydrogen (secondary N) is 1. The van der Waals surface area contributed by atoms with Gasteiger partial charge < -0.3 is 15.1 Å². The van der Waals surface area contributed by atoms with Crippen LogP contribution in [0.4, 0.5) is 30.6 Å². The summed E-state index contributed by atoms with van der Waals surface area (Å²) in [5, 5.41) is 7.56. The van der Waals surface area contributed by atoms with Gasteiger partial charge in [-0.1, -0.05) is 6.07 Å². The van der Waals surface area contributed by atoms with Gasteiger partial charge >= 0.3 is 6.18 Å². The third-order valence-corrected chi connectivity index (χ3v) is 6.93. The Kier molecular flexibility index (Phi) is 4.77. The summed E-state index contributed by atoms with van der Waals surface area (Å²) >= 11 is 0. The summed E-state index contributed by atoms with van der Waals surface area (Å²) in [5.41, 5.74) is 1.84. The Morgan fingerprint density at radius 1 is 1.14 bits per heavy atom. The minimum atomic E-state index is -4.46. The van der Waals surface area contributed by atoms with Crippen LogP contribution in [-0.4, -0.2) is 49.8 Å². The first-order chi connectivity index (χ1) is 16.7. The molecule has 0 radical (unpaired) electrons. The van der Waals surface area contributed by atoms with Crippen molar-refractivity contribution in [3.05, 3.63) is 53.2 Å². The summed E-state index contributed by atoms with van der Waals surface area (Å²) in [6.45, 7) is 1.44. The monoisotopic (exact) mass is 484 g/mol. The molecule has 0 aromatic carbocycles. The summed E-state index contributed by atoms with van der Waals surface area (Å²) in [4.78, 5) is 29.9. The highest BCUT2D eigenvalue weighted by Gasteiger charge is 2.59. The van der Waals surface area contributed by atoms with Crippen LogP contribution in [0.1, 0.15) is 41.8 Å². The lowest BCUT2D eigenvalue weighted by atomic mass is 10.0. The van der Waals surface area contributed by atoms with E-state index < -0.39 is 17.4 Å². The van der Waals surface area contributed by atoms with Gasteiger partial charge in [-0.2, -0.15) is 23.3 Å². The van der Waals surface area contributed by atoms with Crippen molar-refractivity contribution in [1.82, 2.24) is 24.7 Å². The number of aryl methyl sites for hydroxylation is 1. The molecule has 1 spiro atoms. The lowest BCUT2D eigenvalue weighted by Crippen LogP contribution is -2.56. The van der Waals surface area contributed by atoms with Gasteiger partial charge in [0.05, 0.1) is 18.4 Å². The maximum atomic E-state index is 13.0. The molecule has 1 N–H and O–H groups in total. The average Bonchev–Trinajstić information content (AvgIpc) is 3.53. The average molecular weight is 484 g/mol. The van der Waals surface area contributed by atoms with Crippen molar-refractivity contribution in [2.45, 2.75) is 50.5 Å². The Morgan fingerprint density at radius 3 is 2.69 bits per heavy atom. The van der Waals surface area contributed by atoms with Crippen molar-refractivity contribution in [3.8, 4) is 0 Å². The smallest absolute Gasteiger partial charge is 0.350 e. The van der Waals surface area contributed by atoms with E-state index in [1.54, 1.807) is 10.9 Å². The van der Waals surface area contributed by atoms with E-state index in [0.717, 1.165) is 54.5 Å². The third-order valence-electron chi connectivity index (χ3n) is 6.93. The number of halogens is 3. The molecule has 1 amide bonds. The van der Waals surface area contributed by atoms with E-state index in [4.69, 9.17) is 9.97 Å². The Hall–Kier alpha value is -3.70. The number of amides is 1. The van der Waals surface area contributed by atoms with Crippen LogP contribution in [0.3, 0.4) is 0 Å². The molecule has 0 unspecified atom stereocenters. The van der Waals surface area contributed by atoms with Crippen LogP contribution in [0.5, 0.6) is 0 Å². The maximum absolute atomic E-state index is 13.0. The van der Waals surface area contributed by atoms with Crippen LogP contribution in [0.2, 0.25) is 0 Å². The summed E-state index contributed by atoms with van der Waals surface area (Å²) in [7, 11) is 1.93. The maximum Gasteiger partial charge on any atom is 0.433 e. The van der Waals surface area contributed by atoms with Gasteiger partial charge in [0.1, 0.15) is 16.9 Å². The SMILES string of the molecule is CN1c2nc(NCc3cnn(Cc4ccc(C(F)(F)F)nc4)c3)nc3c2N(CCC3)C(=O)C12CC2. The number of carbonyl (C=O) groups excluding carboxylic acids is 1. The van der Waals surface area contributed by atoms with Crippen LogP contribution in [0.25, 0.3) is 0 Å². The van der Waals surface area contributed by atoms with E-state index in [-0.39, 0.29) is 5.91 Å². The predicted molar refractivity (Wildman–Crippen MR) is 121 cm³/mol. The second kappa shape index (κ2) is 7.65. The number of anilines is 3. The predicted octanol–water partition coefficient (Wildman–Crippen LogP) is 3.01. The highest BCUT2D eigenvalue weighted by Crippen LogP contribution is 2.52. The zero-order valence-electron chi connectivity index (χ0n) is 19.0. The third kappa shape index (κ3) is 3.67. The molecule has 182 valence electrons. The number of alkyl halides is 3. The number of hydrogen-bond acceptors (Lipinski definition) is 7. The second-order valence-electron chi connectivity index (χ2n) is 9.27. The Morgan fingerprint density at radius 2 is 1.97 bits per heavy atom. The van der Waals surface area contributed by atoms with E-state index in [1.807, 2.05) is 23.0 Å². The number of pyridine rings is 1. The van der Waals surface area contributed by atoms with Crippen molar-refractivity contribution in [1.29, 1.82) is 0 Å². The van der Waals surface area contributed by atoms with E-state index >= 15 is 0 Å². The van der Waals surface area contributed by atoms with Gasteiger partial charge in [-0.25, -0.2) is 4.98 Å². The lowest BCUT2D eigenvalue weighted by Gasteiger charge is -2.43. The van der Waals surface area contributed by atoms with Crippen molar-refractivity contribution in [3.63, 3.8) is 0 Å². The quantitative estimate of drug-likeness (QED) is 0.595. The fourth-order valence-corrected chi connectivity index (χ4v) is 4.87. The minimum Gasteiger partial charge on any atom is -0.350 e. The molecule has 3 aliphatic rings. The first kappa shape index (κ1) is 21.8. The number of hydrogen-bond donors (Lipinski definition) is 1. The Balaban J connectivity index is 1.17. The van der Waals surface area contributed by atoms with Crippen LogP contribution in [0, 0.1) is 0 Å². The summed E-state index contributed by atoms with van der Waals surface area (Å²) < 4.78 is 39.7. The number of likely N-dealkylation sites (N-methyl/N-ethyl adjacent to an activating group) is 1. The molecule has 0 bridgehead atoms. The molecule has 0 saturated heterocycles. The van der Waals surface area contributed by atoms with Gasteiger partial charge in [-0.3, -0.25) is 14.5 Å². The summed E-state index contributed by atoms with van der Waals surface area (Å²) in [6, 6.07) is 2.37. The van der Waals surface area contributed by atoms with Crippen molar-refractivity contribution in [2.75, 3.05) is 28.7 Å². The first-order valence-corrected chi connectivity index (χ1v) is 11.5. The van der Waals surface area contributed by atoms with Crippen LogP contribution >= 0.6 is 0 Å². The fraction of sp³-hybridized carbons (Fsp3) is 0.435. The molecule has 1 aliphatic carbocycles. The second-order valence-corrected chi connectivity index (χ2v) is 9.27. The highest BCUT2D eigenvalue weighted by atomic mass is 19.4. The van der Waals surface area contributed by atoms with Gasteiger partial charge in [0.2, 0.25) is 5.95 Å². The molecule has 3 aromatic heterocycles. The zero-order valence-corrected chi connectivity index (χ0v) is 19.0. The van der Waals surface area contributed by atoms with Crippen molar-refractivity contribution >= 4 is 23.4 Å². The number of nitrogens with zero attached hydrogens (tertiary/aromatic N) is 7. The topological polar surface area (TPSA) is 92.1 Å². The molecule has 0 atom stereocenters. The largest absolute Gasteiger partial charge is 0.433 e. The molecule has 1 saturated carbocycles. The molecule has 6 rings (SSSR count). The van der Waals surface area contributed by atoms with Gasteiger partial charge in [0.25, 0.3) is 5.91 Å². The van der Waals surface area contributed by atoms with E-state index in [9.17, 15) is 18.0 Å². The molecular formula is C23H23F3N8O. The highest BCUT2D eigenvalue weighted by molar-refractivity contribution is 6.10. The normalized spacial score (nSPS) is 18.1. The molecule has 12 heteroatoms. The van der Waals surface area contributed by atoms with Gasteiger partial charge in [0, 0.05) is 38.1 Å². The van der Waals surface area contributed by atoms with E-state index in [2.05, 4.69) is 15.4 Å². The lowest BCUT2D eigenvalue weighted by molar-refractivity contribution is -0.141. The van der Waals surface area contributed by atoms with Crippen LogP contribution in [-0.2, 0) is 30.5 Å². The minimum absolute atomic E-state index is 0.161. The molecule has 9 nitrogen and oxygen atoms in total. The summed E-state index contributed by atoms with van der Waals surface area (Å²) in [5.74, 6) is 1.45. The molecular weight excluding hydrogens is 461 g/mol. The summed E-state index contributed by atoms with van der Waals surface area (Å²) in [6.07, 6.45) is 3.62. The first-order valence-electron chi connectivity index (χ1n) is 11.5. The van der Waals surface area contributed by atoms with Crippen molar-refractivity contribution < 1.29 is 18.0 Å². The van der Waals surface area contributed by atoms with E-state index in [0.29, 0.717) is 31.1 Å². The fourth-order valence-electron chi connectivity index (χ4n) is 4.87. The van der Waals surface area contributed by atoms with Crippen LogP contribution in [0.15, 0.2) is 30.7 Å². The number of carbonyl (C=O) groups is 1. The standard InChI is InChI=1S/C23H23F3N8O/c1-32-19-18-16(3-2-8-34(18)20(35)22(32)6-7-22)30-21(31-19)28-10-15-11-29-33(13-15)12-14-4-5-17(27-9-14)23(24,25)26/h4-5,9,11,13H,2-3,6-8,10,12H2,1H3,(H,28,30,31). The van der Waals surface area contributed by atoms with E-state index in [1.165, 1.54) is 12.3 Å². The zero-order chi connectivity index (χ0) is 24.4. The van der Waals surface area contributed by atoms with Gasteiger partial charge in [-0.05, 0) is 37.3 Å². The Bertz CT molecular complexity index is 1300. The molecule has 2 aliphatic heterocycles.